The molecule has 0 aliphatic heterocycles. The molecule has 0 spiro atoms. The zero-order valence-corrected chi connectivity index (χ0v) is 17.0. The molecule has 0 bridgehead atoms. The van der Waals surface area contributed by atoms with Crippen LogP contribution in [0.5, 0.6) is 11.5 Å². The molecular weight excluding hydrogens is 380 g/mol. The third kappa shape index (κ3) is 5.27. The summed E-state index contributed by atoms with van der Waals surface area (Å²) in [5.74, 6) is 0.630. The van der Waals surface area contributed by atoms with E-state index >= 15 is 0 Å². The third-order valence-corrected chi connectivity index (χ3v) is 4.39. The smallest absolute Gasteiger partial charge is 0.251 e. The van der Waals surface area contributed by atoms with Crippen molar-refractivity contribution >= 4 is 29.5 Å². The lowest BCUT2D eigenvalue weighted by Gasteiger charge is -2.15. The minimum Gasteiger partial charge on any atom is -0.493 e. The number of amides is 2. The van der Waals surface area contributed by atoms with Gasteiger partial charge in [0, 0.05) is 32.3 Å². The summed E-state index contributed by atoms with van der Waals surface area (Å²) >= 11 is 6.18. The summed E-state index contributed by atoms with van der Waals surface area (Å²) in [6.07, 6.45) is 3.14. The van der Waals surface area contributed by atoms with Gasteiger partial charge in [-0.15, -0.1) is 0 Å². The van der Waals surface area contributed by atoms with Gasteiger partial charge in [0.2, 0.25) is 5.91 Å². The van der Waals surface area contributed by atoms with E-state index < -0.39 is 0 Å². The van der Waals surface area contributed by atoms with Crippen LogP contribution in [0.15, 0.2) is 42.5 Å². The van der Waals surface area contributed by atoms with Gasteiger partial charge in [-0.2, -0.15) is 0 Å². The van der Waals surface area contributed by atoms with Gasteiger partial charge in [0.25, 0.3) is 5.91 Å². The van der Waals surface area contributed by atoms with Gasteiger partial charge < -0.3 is 19.7 Å². The lowest BCUT2D eigenvalue weighted by Crippen LogP contribution is -2.24. The Morgan fingerprint density at radius 3 is 2.39 bits per heavy atom. The number of methoxy groups -OCH3 is 2. The number of rotatable bonds is 7. The number of hydrogen-bond acceptors (Lipinski definition) is 4. The SMILES string of the molecule is CNC(=O)c1ccc(CN(C)C(=O)/C=C/c2cc(Cl)c(OC)c(OC)c2)cc1. The van der Waals surface area contributed by atoms with Crippen molar-refractivity contribution in [2.24, 2.45) is 0 Å². The maximum absolute atomic E-state index is 12.4. The minimum absolute atomic E-state index is 0.146. The molecule has 0 saturated carbocycles. The highest BCUT2D eigenvalue weighted by atomic mass is 35.5. The molecule has 0 unspecified atom stereocenters. The molecule has 2 aromatic rings. The number of carbonyl (C=O) groups is 2. The Bertz CT molecular complexity index is 879. The first kappa shape index (κ1) is 21.3. The van der Waals surface area contributed by atoms with Crippen molar-refractivity contribution in [2.45, 2.75) is 6.54 Å². The predicted octanol–water partition coefficient (Wildman–Crippen LogP) is 3.39. The monoisotopic (exact) mass is 402 g/mol. The molecule has 7 heteroatoms. The van der Waals surface area contributed by atoms with Gasteiger partial charge in [0.15, 0.2) is 11.5 Å². The van der Waals surface area contributed by atoms with E-state index in [9.17, 15) is 9.59 Å². The molecule has 2 rings (SSSR count). The van der Waals surface area contributed by atoms with Gasteiger partial charge in [-0.25, -0.2) is 0 Å². The van der Waals surface area contributed by atoms with Crippen molar-refractivity contribution in [3.05, 3.63) is 64.2 Å². The molecule has 0 aromatic heterocycles. The first-order valence-electron chi connectivity index (χ1n) is 8.55. The second kappa shape index (κ2) is 9.80. The number of carbonyl (C=O) groups excluding carboxylic acids is 2. The van der Waals surface area contributed by atoms with E-state index in [4.69, 9.17) is 21.1 Å². The second-order valence-corrected chi connectivity index (χ2v) is 6.45. The van der Waals surface area contributed by atoms with Crippen LogP contribution < -0.4 is 14.8 Å². The maximum atomic E-state index is 12.4. The van der Waals surface area contributed by atoms with Crippen molar-refractivity contribution in [1.82, 2.24) is 10.2 Å². The zero-order valence-electron chi connectivity index (χ0n) is 16.3. The largest absolute Gasteiger partial charge is 0.493 e. The quantitative estimate of drug-likeness (QED) is 0.721. The molecule has 0 heterocycles. The number of likely N-dealkylation sites (N-methyl/N-ethyl adjacent to an activating group) is 1. The Hall–Kier alpha value is -2.99. The molecule has 0 radical (unpaired) electrons. The molecule has 1 N–H and O–H groups in total. The molecular formula is C21H23ClN2O4. The lowest BCUT2D eigenvalue weighted by molar-refractivity contribution is -0.125. The fraction of sp³-hybridized carbons (Fsp3) is 0.238. The Labute approximate surface area is 169 Å². The van der Waals surface area contributed by atoms with Gasteiger partial charge in [-0.05, 0) is 41.5 Å². The number of nitrogens with one attached hydrogen (secondary N) is 1. The van der Waals surface area contributed by atoms with Crippen molar-refractivity contribution in [2.75, 3.05) is 28.3 Å². The first-order chi connectivity index (χ1) is 13.4. The predicted molar refractivity (Wildman–Crippen MR) is 110 cm³/mol. The number of ether oxygens (including phenoxy) is 2. The summed E-state index contributed by atoms with van der Waals surface area (Å²) in [6, 6.07) is 10.6. The minimum atomic E-state index is -0.165. The van der Waals surface area contributed by atoms with E-state index in [1.807, 2.05) is 12.1 Å². The molecule has 28 heavy (non-hydrogen) atoms. The van der Waals surface area contributed by atoms with Crippen LogP contribution in [0.25, 0.3) is 6.08 Å². The summed E-state index contributed by atoms with van der Waals surface area (Å²) < 4.78 is 10.5. The standard InChI is InChI=1S/C21H23ClN2O4/c1-23-21(26)16-8-5-14(6-9-16)13-24(2)19(25)10-7-15-11-17(22)20(28-4)18(12-15)27-3/h5-12H,13H2,1-4H3,(H,23,26)/b10-7+. The van der Waals surface area contributed by atoms with Gasteiger partial charge >= 0.3 is 0 Å². The van der Waals surface area contributed by atoms with Crippen LogP contribution in [0.1, 0.15) is 21.5 Å². The van der Waals surface area contributed by atoms with E-state index in [-0.39, 0.29) is 11.8 Å². The number of halogens is 1. The van der Waals surface area contributed by atoms with Crippen molar-refractivity contribution in [3.8, 4) is 11.5 Å². The van der Waals surface area contributed by atoms with Gasteiger partial charge in [0.1, 0.15) is 0 Å². The zero-order chi connectivity index (χ0) is 20.7. The molecule has 6 nitrogen and oxygen atoms in total. The molecule has 2 amide bonds. The topological polar surface area (TPSA) is 67.9 Å². The molecule has 0 aliphatic carbocycles. The van der Waals surface area contributed by atoms with Crippen LogP contribution in [0.2, 0.25) is 5.02 Å². The molecule has 2 aromatic carbocycles. The van der Waals surface area contributed by atoms with Crippen LogP contribution in [0.3, 0.4) is 0 Å². The Morgan fingerprint density at radius 1 is 1.14 bits per heavy atom. The number of nitrogens with zero attached hydrogens (tertiary/aromatic N) is 1. The average Bonchev–Trinajstić information content (AvgIpc) is 2.71. The fourth-order valence-electron chi connectivity index (χ4n) is 2.59. The van der Waals surface area contributed by atoms with Crippen LogP contribution >= 0.6 is 11.6 Å². The third-order valence-electron chi connectivity index (χ3n) is 4.11. The van der Waals surface area contributed by atoms with Crippen molar-refractivity contribution in [1.29, 1.82) is 0 Å². The highest BCUT2D eigenvalue weighted by Gasteiger charge is 2.11. The first-order valence-corrected chi connectivity index (χ1v) is 8.93. The van der Waals surface area contributed by atoms with Crippen molar-refractivity contribution < 1.29 is 19.1 Å². The van der Waals surface area contributed by atoms with E-state index in [1.54, 1.807) is 49.3 Å². The second-order valence-electron chi connectivity index (χ2n) is 6.04. The maximum Gasteiger partial charge on any atom is 0.251 e. The summed E-state index contributed by atoms with van der Waals surface area (Å²) in [6.45, 7) is 0.421. The number of benzene rings is 2. The van der Waals surface area contributed by atoms with Crippen molar-refractivity contribution in [3.63, 3.8) is 0 Å². The van der Waals surface area contributed by atoms with Gasteiger partial charge in [0.05, 0.1) is 19.2 Å². The molecule has 0 fully saturated rings. The summed E-state index contributed by atoms with van der Waals surface area (Å²) in [4.78, 5) is 25.5. The summed E-state index contributed by atoms with van der Waals surface area (Å²) in [7, 11) is 6.33. The normalized spacial score (nSPS) is 10.6. The van der Waals surface area contributed by atoms with Crippen LogP contribution in [-0.4, -0.2) is 45.0 Å². The van der Waals surface area contributed by atoms with E-state index in [0.717, 1.165) is 11.1 Å². The fourth-order valence-corrected chi connectivity index (χ4v) is 2.88. The van der Waals surface area contributed by atoms with E-state index in [0.29, 0.717) is 28.6 Å². The van der Waals surface area contributed by atoms with Crippen LogP contribution in [0.4, 0.5) is 0 Å². The molecule has 148 valence electrons. The van der Waals surface area contributed by atoms with Gasteiger partial charge in [-0.1, -0.05) is 23.7 Å². The lowest BCUT2D eigenvalue weighted by atomic mass is 10.1. The van der Waals surface area contributed by atoms with Crippen LogP contribution in [0, 0.1) is 0 Å². The Kier molecular flexibility index (Phi) is 7.46. The number of hydrogen-bond donors (Lipinski definition) is 1. The molecule has 0 saturated heterocycles. The Morgan fingerprint density at radius 2 is 1.82 bits per heavy atom. The summed E-state index contributed by atoms with van der Waals surface area (Å²) in [5.41, 5.74) is 2.22. The Balaban J connectivity index is 2.06. The molecule has 0 aliphatic rings. The van der Waals surface area contributed by atoms with E-state index in [1.165, 1.54) is 20.3 Å². The average molecular weight is 403 g/mol. The van der Waals surface area contributed by atoms with Crippen LogP contribution in [-0.2, 0) is 11.3 Å². The van der Waals surface area contributed by atoms with Gasteiger partial charge in [-0.3, -0.25) is 9.59 Å². The van der Waals surface area contributed by atoms with E-state index in [2.05, 4.69) is 5.32 Å². The summed E-state index contributed by atoms with van der Waals surface area (Å²) in [5, 5.41) is 2.97. The molecule has 0 atom stereocenters. The highest BCUT2D eigenvalue weighted by molar-refractivity contribution is 6.32. The highest BCUT2D eigenvalue weighted by Crippen LogP contribution is 2.36.